The molecule has 0 amide bonds. The van der Waals surface area contributed by atoms with Crippen LogP contribution in [0.1, 0.15) is 273 Å². The van der Waals surface area contributed by atoms with Crippen LogP contribution in [-0.4, -0.2) is 57.0 Å². The summed E-state index contributed by atoms with van der Waals surface area (Å²) in [6, 6.07) is 0. The second-order valence-electron chi connectivity index (χ2n) is 17.0. The van der Waals surface area contributed by atoms with Crippen LogP contribution in [0.25, 0.3) is 0 Å². The van der Waals surface area contributed by atoms with Crippen LogP contribution in [0.3, 0.4) is 0 Å². The summed E-state index contributed by atoms with van der Waals surface area (Å²) in [7, 11) is -5.17. The van der Waals surface area contributed by atoms with E-state index in [4.69, 9.17) is 17.5 Å². The zero-order valence-corrected chi connectivity index (χ0v) is 45.3. The predicted molar refractivity (Wildman–Crippen MR) is 251 cm³/mol. The number of rotatable bonds is 42. The van der Waals surface area contributed by atoms with Gasteiger partial charge in [0.25, 0.3) is 0 Å². The normalized spacial score (nSPS) is 11.2. The van der Waals surface area contributed by atoms with Gasteiger partial charge in [-0.05, 0) is 0 Å². The summed E-state index contributed by atoms with van der Waals surface area (Å²) in [6.45, 7) is 14.0. The summed E-state index contributed by atoms with van der Waals surface area (Å²) in [4.78, 5) is 0. The van der Waals surface area contributed by atoms with Gasteiger partial charge in [-0.15, -0.1) is 0 Å². The molecule has 55 heavy (non-hydrogen) atoms. The van der Waals surface area contributed by atoms with Crippen LogP contribution in [0, 0.1) is 0 Å². The largest absolute Gasteiger partial charge is 0.759 e. The van der Waals surface area contributed by atoms with Gasteiger partial charge in [0.15, 0.2) is 0 Å². The van der Waals surface area contributed by atoms with Crippen molar-refractivity contribution in [2.24, 2.45) is 0 Å². The van der Waals surface area contributed by atoms with Gasteiger partial charge in [-0.25, -0.2) is 0 Å². The van der Waals surface area contributed by atoms with E-state index in [9.17, 15) is 0 Å². The molecule has 0 aromatic rings. The van der Waals surface area contributed by atoms with E-state index in [-0.39, 0.29) is 0 Å². The first kappa shape index (κ1) is 60.8. The molecule has 0 aliphatic rings. The number of hydrogen-bond acceptors (Lipinski definition) is 4. The van der Waals surface area contributed by atoms with Crippen LogP contribution in [0.2, 0.25) is 26.6 Å². The summed E-state index contributed by atoms with van der Waals surface area (Å²) in [6.07, 6.45) is 53.8. The molecule has 0 N–H and O–H groups in total. The van der Waals surface area contributed by atoms with Crippen molar-refractivity contribution < 1.29 is 17.5 Å². The van der Waals surface area contributed by atoms with E-state index in [1.807, 2.05) is 0 Å². The molecular weight excluding hydrogens is 910 g/mol. The van der Waals surface area contributed by atoms with Crippen molar-refractivity contribution in [3.63, 3.8) is 0 Å². The maximum Gasteiger partial charge on any atom is 0.0311 e. The fraction of sp³-hybridized carbons (Fsp3) is 1.00. The summed E-state index contributed by atoms with van der Waals surface area (Å²) < 4.78 is 44.4. The number of unbranched alkanes of at least 4 members (excludes halogenated alkanes) is 30. The molecule has 0 saturated carbocycles. The van der Waals surface area contributed by atoms with E-state index >= 15 is 0 Å². The van der Waals surface area contributed by atoms with Gasteiger partial charge in [0.1, 0.15) is 0 Å². The molecule has 332 valence electrons. The van der Waals surface area contributed by atoms with Crippen molar-refractivity contribution in [1.82, 2.24) is 0 Å². The van der Waals surface area contributed by atoms with E-state index in [2.05, 4.69) is 41.5 Å². The maximum atomic E-state index is 8.52. The zero-order valence-electron chi connectivity index (χ0n) is 38.7. The Morgan fingerprint density at radius 3 is 0.491 bits per heavy atom. The second-order valence-corrected chi connectivity index (χ2v) is 35.0. The first-order valence-corrected chi connectivity index (χ1v) is 38.5. The smallest absolute Gasteiger partial charge is 0.0311 e. The molecule has 0 unspecified atom stereocenters. The van der Waals surface area contributed by atoms with Gasteiger partial charge in [0, 0.05) is 10.4 Å². The van der Waals surface area contributed by atoms with E-state index in [1.165, 1.54) is 193 Å². The maximum absolute atomic E-state index is 8.52. The molecule has 0 aromatic heterocycles. The van der Waals surface area contributed by atoms with Crippen LogP contribution in [0.4, 0.5) is 0 Å². The first-order valence-electron chi connectivity index (χ1n) is 25.0. The molecule has 7 heteroatoms. The van der Waals surface area contributed by atoms with Crippen LogP contribution in [0.15, 0.2) is 0 Å². The van der Waals surface area contributed by atoms with Crippen molar-refractivity contribution in [3.05, 3.63) is 0 Å². The Balaban J connectivity index is -0.000000874. The second kappa shape index (κ2) is 53.5. The predicted octanol–water partition coefficient (Wildman–Crippen LogP) is 17.8. The molecule has 0 aliphatic heterocycles. The summed E-state index contributed by atoms with van der Waals surface area (Å²) in [5.74, 6) is 0. The summed E-state index contributed by atoms with van der Waals surface area (Å²) in [5.41, 5.74) is 0. The molecule has 0 bridgehead atoms. The minimum Gasteiger partial charge on any atom is -0.759 e. The minimum atomic E-state index is -5.17. The standard InChI is InChI=1S/6C8H17.H2O4S.2Sn/c6*1-3-5-7-8-6-4-2;1-5(2,3)4;;/h6*1,3-8H2,2H3;(H2,1,2,3,4);;/q;;;;;;;2*+1/p-2. The Morgan fingerprint density at radius 1 is 0.255 bits per heavy atom. The van der Waals surface area contributed by atoms with Crippen LogP contribution in [0.5, 0.6) is 0 Å². The minimum absolute atomic E-state index is 1.02. The molecule has 4 nitrogen and oxygen atoms in total. The van der Waals surface area contributed by atoms with Crippen molar-refractivity contribution in [2.75, 3.05) is 0 Å². The SMILES string of the molecule is CCCCCCC[CH2][Sn+]([CH2]CCCCCCC)[CH2]CCCCCCC.CCCCCCC[CH2][Sn+]([CH2]CCCCCCC)[CH2]CCCCCCC.O=S(=O)([O-])[O-]. The quantitative estimate of drug-likeness (QED) is 0.0264. The van der Waals surface area contributed by atoms with E-state index in [0.29, 0.717) is 0 Å². The fourth-order valence-electron chi connectivity index (χ4n) is 7.68. The molecule has 0 saturated heterocycles. The van der Waals surface area contributed by atoms with Crippen molar-refractivity contribution in [1.29, 1.82) is 0 Å². The summed E-state index contributed by atoms with van der Waals surface area (Å²) >= 11 is -2.03. The monoisotopic (exact) mass is 1010 g/mol. The molecule has 0 aliphatic carbocycles. The average molecular weight is 1010 g/mol. The molecule has 0 heterocycles. The number of hydrogen-bond donors (Lipinski definition) is 0. The van der Waals surface area contributed by atoms with Crippen molar-refractivity contribution in [3.8, 4) is 0 Å². The Kier molecular flexibility index (Phi) is 59.1. The zero-order chi connectivity index (χ0) is 41.4. The van der Waals surface area contributed by atoms with Crippen molar-refractivity contribution in [2.45, 2.75) is 299 Å². The third-order valence-electron chi connectivity index (χ3n) is 11.3. The molecule has 0 spiro atoms. The van der Waals surface area contributed by atoms with Gasteiger partial charge < -0.3 is 9.11 Å². The van der Waals surface area contributed by atoms with Crippen LogP contribution < -0.4 is 0 Å². The molecule has 0 rings (SSSR count). The summed E-state index contributed by atoms with van der Waals surface area (Å²) in [5, 5.41) is 0. The Morgan fingerprint density at radius 2 is 0.364 bits per heavy atom. The van der Waals surface area contributed by atoms with E-state index in [0.717, 1.165) is 0 Å². The van der Waals surface area contributed by atoms with E-state index in [1.54, 1.807) is 65.1 Å². The molecule has 0 atom stereocenters. The third-order valence-corrected chi connectivity index (χ3v) is 29.5. The Labute approximate surface area is 363 Å². The Hall–Kier alpha value is 1.47. The molecule has 0 aromatic carbocycles. The molecular formula is C48H102O4SSn2. The van der Waals surface area contributed by atoms with E-state index < -0.39 is 49.9 Å². The van der Waals surface area contributed by atoms with Gasteiger partial charge in [-0.2, -0.15) is 0 Å². The van der Waals surface area contributed by atoms with Gasteiger partial charge in [0.2, 0.25) is 0 Å². The fourth-order valence-corrected chi connectivity index (χ4v) is 24.8. The topological polar surface area (TPSA) is 80.3 Å². The van der Waals surface area contributed by atoms with Gasteiger partial charge in [0.05, 0.1) is 0 Å². The van der Waals surface area contributed by atoms with Crippen molar-refractivity contribution >= 4 is 49.9 Å². The van der Waals surface area contributed by atoms with Gasteiger partial charge >= 0.3 is 339 Å². The van der Waals surface area contributed by atoms with Gasteiger partial charge in [-0.3, -0.25) is 8.42 Å². The van der Waals surface area contributed by atoms with Crippen LogP contribution >= 0.6 is 0 Å². The Bertz CT molecular complexity index is 635. The molecule has 0 radical (unpaired) electrons. The van der Waals surface area contributed by atoms with Crippen LogP contribution in [-0.2, 0) is 10.4 Å². The molecule has 0 fully saturated rings. The first-order chi connectivity index (χ1) is 26.7. The average Bonchev–Trinajstić information content (AvgIpc) is 3.15. The van der Waals surface area contributed by atoms with Gasteiger partial charge in [-0.1, -0.05) is 0 Å². The third kappa shape index (κ3) is 64.8.